The molecular formula is C13H24N2OS. The lowest BCUT2D eigenvalue weighted by Gasteiger charge is -2.44. The van der Waals surface area contributed by atoms with Gasteiger partial charge in [-0.15, -0.1) is 0 Å². The summed E-state index contributed by atoms with van der Waals surface area (Å²) in [5.41, 5.74) is 0. The lowest BCUT2D eigenvalue weighted by Crippen LogP contribution is -2.51. The summed E-state index contributed by atoms with van der Waals surface area (Å²) in [7, 11) is 0. The van der Waals surface area contributed by atoms with Crippen molar-refractivity contribution in [3.63, 3.8) is 0 Å². The van der Waals surface area contributed by atoms with E-state index in [1.165, 1.54) is 19.3 Å². The zero-order valence-electron chi connectivity index (χ0n) is 11.3. The normalized spacial score (nSPS) is 32.1. The van der Waals surface area contributed by atoms with Crippen LogP contribution in [0.2, 0.25) is 0 Å². The highest BCUT2D eigenvalue weighted by molar-refractivity contribution is 8.00. The van der Waals surface area contributed by atoms with Crippen LogP contribution in [0.3, 0.4) is 0 Å². The summed E-state index contributed by atoms with van der Waals surface area (Å²) < 4.78 is 0.342. The van der Waals surface area contributed by atoms with Crippen LogP contribution in [0.5, 0.6) is 0 Å². The number of nitrogens with zero attached hydrogens (tertiary/aromatic N) is 1. The van der Waals surface area contributed by atoms with Gasteiger partial charge >= 0.3 is 0 Å². The molecule has 2 unspecified atom stereocenters. The predicted octanol–water partition coefficient (Wildman–Crippen LogP) is 2.07. The third kappa shape index (κ3) is 2.34. The van der Waals surface area contributed by atoms with E-state index in [4.69, 9.17) is 0 Å². The van der Waals surface area contributed by atoms with Crippen LogP contribution in [-0.4, -0.2) is 40.6 Å². The van der Waals surface area contributed by atoms with Gasteiger partial charge in [-0.25, -0.2) is 0 Å². The summed E-state index contributed by atoms with van der Waals surface area (Å²) in [5, 5.41) is 3.42. The van der Waals surface area contributed by atoms with Gasteiger partial charge in [-0.05, 0) is 31.9 Å². The van der Waals surface area contributed by atoms with Crippen molar-refractivity contribution in [2.45, 2.75) is 57.0 Å². The highest BCUT2D eigenvalue weighted by Crippen LogP contribution is 2.44. The molecule has 0 aromatic rings. The molecule has 1 N–H and O–H groups in total. The van der Waals surface area contributed by atoms with E-state index >= 15 is 0 Å². The van der Waals surface area contributed by atoms with Gasteiger partial charge in [0.1, 0.15) is 0 Å². The van der Waals surface area contributed by atoms with Crippen molar-refractivity contribution in [3.05, 3.63) is 0 Å². The van der Waals surface area contributed by atoms with Crippen LogP contribution in [0.25, 0.3) is 0 Å². The maximum absolute atomic E-state index is 12.2. The Morgan fingerprint density at radius 2 is 2.18 bits per heavy atom. The van der Waals surface area contributed by atoms with Gasteiger partial charge < -0.3 is 4.90 Å². The smallest absolute Gasteiger partial charge is 0.240 e. The first-order valence-corrected chi connectivity index (χ1v) is 7.83. The van der Waals surface area contributed by atoms with Crippen LogP contribution in [0, 0.1) is 5.92 Å². The van der Waals surface area contributed by atoms with Crippen molar-refractivity contribution in [3.8, 4) is 0 Å². The summed E-state index contributed by atoms with van der Waals surface area (Å²) in [6.07, 6.45) is 6.25. The van der Waals surface area contributed by atoms with Crippen molar-refractivity contribution in [2.75, 3.05) is 12.8 Å². The van der Waals surface area contributed by atoms with Gasteiger partial charge in [0.25, 0.3) is 0 Å². The lowest BCUT2D eigenvalue weighted by molar-refractivity contribution is -0.131. The average molecular weight is 256 g/mol. The number of carbonyl (C=O) groups excluding carboxylic acids is 1. The molecule has 1 amide bonds. The Hall–Kier alpha value is -0.220. The molecule has 1 heterocycles. The second-order valence-electron chi connectivity index (χ2n) is 5.78. The second kappa shape index (κ2) is 4.81. The minimum absolute atomic E-state index is 0.0126. The maximum Gasteiger partial charge on any atom is 0.240 e. The van der Waals surface area contributed by atoms with Gasteiger partial charge in [-0.1, -0.05) is 20.3 Å². The number of rotatable bonds is 4. The molecule has 2 fully saturated rings. The summed E-state index contributed by atoms with van der Waals surface area (Å²) in [5.74, 6) is 0.756. The predicted molar refractivity (Wildman–Crippen MR) is 73.0 cm³/mol. The van der Waals surface area contributed by atoms with E-state index in [9.17, 15) is 4.79 Å². The molecule has 1 saturated heterocycles. The quantitative estimate of drug-likeness (QED) is 0.836. The number of amides is 1. The molecule has 3 nitrogen and oxygen atoms in total. The Balaban J connectivity index is 2.09. The Morgan fingerprint density at radius 3 is 2.59 bits per heavy atom. The zero-order valence-corrected chi connectivity index (χ0v) is 12.1. The average Bonchev–Trinajstić information content (AvgIpc) is 2.51. The van der Waals surface area contributed by atoms with Gasteiger partial charge in [0.2, 0.25) is 5.91 Å². The van der Waals surface area contributed by atoms with Crippen LogP contribution in [-0.2, 0) is 4.79 Å². The minimum atomic E-state index is -0.0126. The first kappa shape index (κ1) is 13.2. The SMILES string of the molecule is CSC1(CN2C(=O)C(C)NC2C(C)C)CCC1. The van der Waals surface area contributed by atoms with Crippen LogP contribution in [0.4, 0.5) is 0 Å². The van der Waals surface area contributed by atoms with Gasteiger partial charge in [0.05, 0.1) is 12.2 Å². The van der Waals surface area contributed by atoms with Crippen molar-refractivity contribution in [1.82, 2.24) is 10.2 Å². The number of thioether (sulfide) groups is 1. The molecule has 1 aliphatic heterocycles. The molecule has 1 saturated carbocycles. The number of hydrogen-bond acceptors (Lipinski definition) is 3. The maximum atomic E-state index is 12.2. The van der Waals surface area contributed by atoms with Crippen molar-refractivity contribution < 1.29 is 4.79 Å². The van der Waals surface area contributed by atoms with Gasteiger partial charge in [0, 0.05) is 11.3 Å². The standard InChI is InChI=1S/C13H24N2OS/c1-9(2)11-14-10(3)12(16)15(11)8-13(17-4)6-5-7-13/h9-11,14H,5-8H2,1-4H3. The molecule has 2 atom stereocenters. The van der Waals surface area contributed by atoms with E-state index in [-0.39, 0.29) is 18.1 Å². The highest BCUT2D eigenvalue weighted by atomic mass is 32.2. The van der Waals surface area contributed by atoms with Gasteiger partial charge in [0.15, 0.2) is 0 Å². The van der Waals surface area contributed by atoms with Crippen LogP contribution >= 0.6 is 11.8 Å². The van der Waals surface area contributed by atoms with Crippen LogP contribution in [0.15, 0.2) is 0 Å². The zero-order chi connectivity index (χ0) is 12.6. The molecule has 0 aromatic carbocycles. The largest absolute Gasteiger partial charge is 0.324 e. The fourth-order valence-corrected chi connectivity index (χ4v) is 3.81. The molecule has 0 bridgehead atoms. The van der Waals surface area contributed by atoms with E-state index in [1.807, 2.05) is 18.7 Å². The molecule has 98 valence electrons. The van der Waals surface area contributed by atoms with E-state index in [1.54, 1.807) is 0 Å². The number of carbonyl (C=O) groups is 1. The number of hydrogen-bond donors (Lipinski definition) is 1. The van der Waals surface area contributed by atoms with Crippen molar-refractivity contribution in [2.24, 2.45) is 5.92 Å². The fourth-order valence-electron chi connectivity index (χ4n) is 2.84. The molecule has 0 aromatic heterocycles. The molecule has 17 heavy (non-hydrogen) atoms. The summed E-state index contributed by atoms with van der Waals surface area (Å²) in [4.78, 5) is 14.3. The highest BCUT2D eigenvalue weighted by Gasteiger charge is 2.45. The number of nitrogens with one attached hydrogen (secondary N) is 1. The summed E-state index contributed by atoms with van der Waals surface area (Å²) >= 11 is 1.94. The minimum Gasteiger partial charge on any atom is -0.324 e. The Morgan fingerprint density at radius 1 is 1.53 bits per heavy atom. The lowest BCUT2D eigenvalue weighted by atomic mass is 9.83. The van der Waals surface area contributed by atoms with Gasteiger partial charge in [-0.2, -0.15) is 11.8 Å². The fraction of sp³-hybridized carbons (Fsp3) is 0.923. The van der Waals surface area contributed by atoms with Crippen molar-refractivity contribution >= 4 is 17.7 Å². The monoisotopic (exact) mass is 256 g/mol. The van der Waals surface area contributed by atoms with E-state index in [0.717, 1.165) is 6.54 Å². The van der Waals surface area contributed by atoms with E-state index in [2.05, 4.69) is 30.3 Å². The second-order valence-corrected chi connectivity index (χ2v) is 7.06. The Labute approximate surface area is 109 Å². The molecule has 0 spiro atoms. The third-order valence-electron chi connectivity index (χ3n) is 4.20. The molecule has 2 rings (SSSR count). The summed E-state index contributed by atoms with van der Waals surface area (Å²) in [6, 6.07) is -0.0126. The molecule has 0 radical (unpaired) electrons. The van der Waals surface area contributed by atoms with Gasteiger partial charge in [-0.3, -0.25) is 10.1 Å². The van der Waals surface area contributed by atoms with Crippen molar-refractivity contribution in [1.29, 1.82) is 0 Å². The first-order valence-electron chi connectivity index (χ1n) is 6.61. The molecule has 2 aliphatic rings. The third-order valence-corrected chi connectivity index (χ3v) is 5.60. The van der Waals surface area contributed by atoms with E-state index < -0.39 is 0 Å². The summed E-state index contributed by atoms with van der Waals surface area (Å²) in [6.45, 7) is 7.27. The Bertz CT molecular complexity index is 296. The van der Waals surface area contributed by atoms with E-state index in [0.29, 0.717) is 10.7 Å². The Kier molecular flexibility index (Phi) is 3.74. The topological polar surface area (TPSA) is 32.3 Å². The molecular weight excluding hydrogens is 232 g/mol. The van der Waals surface area contributed by atoms with Crippen LogP contribution < -0.4 is 5.32 Å². The van der Waals surface area contributed by atoms with Crippen LogP contribution in [0.1, 0.15) is 40.0 Å². The molecule has 4 heteroatoms. The first-order chi connectivity index (χ1) is 7.99. The molecule has 1 aliphatic carbocycles.